The number of hydrogen-bond donors (Lipinski definition) is 2. The lowest BCUT2D eigenvalue weighted by molar-refractivity contribution is -0.120. The Kier molecular flexibility index (Phi) is 5.85. The van der Waals surface area contributed by atoms with E-state index in [0.717, 1.165) is 12.8 Å². The van der Waals surface area contributed by atoms with Crippen LogP contribution in [-0.4, -0.2) is 25.3 Å². The minimum atomic E-state index is -1.19. The Hall–Kier alpha value is -2.72. The summed E-state index contributed by atoms with van der Waals surface area (Å²) in [4.78, 5) is 21.2. The van der Waals surface area contributed by atoms with Crippen molar-refractivity contribution >= 4 is 39.0 Å². The molecule has 2 aromatic heterocycles. The number of rotatable bonds is 7. The average molecular weight is 463 g/mol. The Balaban J connectivity index is 1.51. The number of nitrogens with zero attached hydrogens (tertiary/aromatic N) is 2. The third-order valence-electron chi connectivity index (χ3n) is 5.03. The highest BCUT2D eigenvalue weighted by atomic mass is 32.2. The minimum absolute atomic E-state index is 0.0572. The van der Waals surface area contributed by atoms with Gasteiger partial charge in [0.25, 0.3) is 0 Å². The van der Waals surface area contributed by atoms with Gasteiger partial charge in [0, 0.05) is 28.9 Å². The number of anilines is 2. The molecule has 1 aliphatic rings. The zero-order valence-corrected chi connectivity index (χ0v) is 18.4. The summed E-state index contributed by atoms with van der Waals surface area (Å²) in [6, 6.07) is 5.97. The van der Waals surface area contributed by atoms with Crippen molar-refractivity contribution in [2.24, 2.45) is 0 Å². The van der Waals surface area contributed by atoms with Crippen LogP contribution in [0.25, 0.3) is 11.1 Å². The van der Waals surface area contributed by atoms with Crippen molar-refractivity contribution in [2.75, 3.05) is 10.0 Å². The number of hydrogen-bond acceptors (Lipinski definition) is 5. The largest absolute Gasteiger partial charge is 0.323 e. The molecule has 0 bridgehead atoms. The molecule has 1 atom stereocenters. The number of thiazole rings is 1. The smallest absolute Gasteiger partial charge is 0.236 e. The summed E-state index contributed by atoms with van der Waals surface area (Å²) >= 11 is 1.24. The molecule has 0 spiro atoms. The summed E-state index contributed by atoms with van der Waals surface area (Å²) in [7, 11) is -1.19. The topological polar surface area (TPSA) is 84.0 Å². The van der Waals surface area contributed by atoms with E-state index in [0.29, 0.717) is 16.4 Å². The molecule has 2 heterocycles. The maximum atomic E-state index is 14.7. The highest BCUT2D eigenvalue weighted by molar-refractivity contribution is 7.87. The van der Waals surface area contributed by atoms with Gasteiger partial charge in [-0.25, -0.2) is 18.0 Å². The Morgan fingerprint density at radius 2 is 2.00 bits per heavy atom. The summed E-state index contributed by atoms with van der Waals surface area (Å²) in [5.74, 6) is -2.75. The summed E-state index contributed by atoms with van der Waals surface area (Å²) in [6.45, 7) is 3.27. The zero-order chi connectivity index (χ0) is 22.2. The highest BCUT2D eigenvalue weighted by Crippen LogP contribution is 2.33. The maximum Gasteiger partial charge on any atom is 0.236 e. The number of benzene rings is 1. The van der Waals surface area contributed by atoms with Crippen molar-refractivity contribution in [1.29, 1.82) is 0 Å². The van der Waals surface area contributed by atoms with Gasteiger partial charge < -0.3 is 5.32 Å². The van der Waals surface area contributed by atoms with Gasteiger partial charge in [-0.2, -0.15) is 0 Å². The quantitative estimate of drug-likeness (QED) is 0.536. The molecule has 1 saturated carbocycles. The standard InChI is InChI=1S/C21H20F2N4O2S2/c1-21(2,16-11-30-20(26-16)27-31(29)13-5-6-13)19(28)25-15-8-7-14(17(22)18(15)23)12-4-3-9-24-10-12/h3-4,7-11,13H,5-6H2,1-2H3,(H,25,28)(H,26,27). The van der Waals surface area contributed by atoms with E-state index in [9.17, 15) is 17.8 Å². The molecule has 1 fully saturated rings. The first-order valence-corrected chi connectivity index (χ1v) is 11.7. The number of halogens is 2. The lowest BCUT2D eigenvalue weighted by Gasteiger charge is -2.22. The number of pyridine rings is 1. The van der Waals surface area contributed by atoms with Gasteiger partial charge in [-0.3, -0.25) is 14.5 Å². The predicted octanol–water partition coefficient (Wildman–Crippen LogP) is 4.64. The first-order chi connectivity index (χ1) is 14.8. The third-order valence-corrected chi connectivity index (χ3v) is 7.39. The van der Waals surface area contributed by atoms with E-state index in [1.54, 1.807) is 31.4 Å². The molecule has 31 heavy (non-hydrogen) atoms. The molecule has 10 heteroatoms. The summed E-state index contributed by atoms with van der Waals surface area (Å²) in [5.41, 5.74) is -0.447. The number of carbonyl (C=O) groups is 1. The van der Waals surface area contributed by atoms with Gasteiger partial charge in [0.05, 0.1) is 22.0 Å². The van der Waals surface area contributed by atoms with Crippen LogP contribution >= 0.6 is 11.3 Å². The fourth-order valence-electron chi connectivity index (χ4n) is 2.85. The maximum absolute atomic E-state index is 14.7. The van der Waals surface area contributed by atoms with E-state index < -0.39 is 33.9 Å². The molecule has 1 unspecified atom stereocenters. The van der Waals surface area contributed by atoms with Crippen molar-refractivity contribution in [3.8, 4) is 11.1 Å². The summed E-state index contributed by atoms with van der Waals surface area (Å²) < 4.78 is 44.1. The summed E-state index contributed by atoms with van der Waals surface area (Å²) in [6.07, 6.45) is 4.82. The van der Waals surface area contributed by atoms with Crippen molar-refractivity contribution in [1.82, 2.24) is 9.97 Å². The fraction of sp³-hybridized carbons (Fsp3) is 0.286. The molecule has 162 valence electrons. The van der Waals surface area contributed by atoms with Gasteiger partial charge in [-0.05, 0) is 44.9 Å². The zero-order valence-electron chi connectivity index (χ0n) is 16.8. The van der Waals surface area contributed by atoms with E-state index in [1.807, 2.05) is 0 Å². The van der Waals surface area contributed by atoms with E-state index in [-0.39, 0.29) is 16.5 Å². The van der Waals surface area contributed by atoms with Gasteiger partial charge in [-0.1, -0.05) is 6.07 Å². The van der Waals surface area contributed by atoms with Crippen LogP contribution in [0.15, 0.2) is 42.0 Å². The normalized spacial score (nSPS) is 14.8. The molecule has 4 rings (SSSR count). The minimum Gasteiger partial charge on any atom is -0.323 e. The third kappa shape index (κ3) is 4.49. The molecule has 0 radical (unpaired) electrons. The van der Waals surface area contributed by atoms with E-state index in [2.05, 4.69) is 20.0 Å². The Morgan fingerprint density at radius 3 is 2.68 bits per heavy atom. The first kappa shape index (κ1) is 21.5. The predicted molar refractivity (Wildman–Crippen MR) is 118 cm³/mol. The van der Waals surface area contributed by atoms with Crippen molar-refractivity contribution in [3.05, 3.63) is 59.4 Å². The summed E-state index contributed by atoms with van der Waals surface area (Å²) in [5, 5.41) is 4.76. The molecule has 0 aliphatic heterocycles. The fourth-order valence-corrected chi connectivity index (χ4v) is 4.95. The van der Waals surface area contributed by atoms with Crippen LogP contribution < -0.4 is 10.0 Å². The van der Waals surface area contributed by atoms with Crippen LogP contribution in [-0.2, 0) is 21.2 Å². The SMILES string of the molecule is CC(C)(C(=O)Nc1ccc(-c2cccnc2)c(F)c1F)c1csc(NS(=O)C2CC2)n1. The molecule has 0 saturated heterocycles. The molecule has 3 aromatic rings. The van der Waals surface area contributed by atoms with E-state index in [4.69, 9.17) is 0 Å². The molecule has 6 nitrogen and oxygen atoms in total. The molecular formula is C21H20F2N4O2S2. The number of nitrogens with one attached hydrogen (secondary N) is 2. The van der Waals surface area contributed by atoms with Crippen molar-refractivity contribution < 1.29 is 17.8 Å². The lowest BCUT2D eigenvalue weighted by atomic mass is 9.89. The van der Waals surface area contributed by atoms with Gasteiger partial charge in [0.2, 0.25) is 5.91 Å². The van der Waals surface area contributed by atoms with Crippen LogP contribution in [0, 0.1) is 11.6 Å². The second kappa shape index (κ2) is 8.43. The number of carbonyl (C=O) groups excluding carboxylic acids is 1. The van der Waals surface area contributed by atoms with E-state index in [1.165, 1.54) is 35.9 Å². The van der Waals surface area contributed by atoms with Crippen LogP contribution in [0.3, 0.4) is 0 Å². The Labute approximate surface area is 184 Å². The number of aromatic nitrogens is 2. The number of amides is 1. The second-order valence-corrected chi connectivity index (χ2v) is 10.1. The second-order valence-electron chi connectivity index (χ2n) is 7.75. The highest BCUT2D eigenvalue weighted by Gasteiger charge is 2.34. The first-order valence-electron chi connectivity index (χ1n) is 9.60. The molecule has 1 amide bonds. The van der Waals surface area contributed by atoms with Gasteiger partial charge in [-0.15, -0.1) is 11.3 Å². The van der Waals surface area contributed by atoms with Crippen LogP contribution in [0.5, 0.6) is 0 Å². The average Bonchev–Trinajstić information content (AvgIpc) is 3.51. The molecule has 1 aliphatic carbocycles. The molecular weight excluding hydrogens is 442 g/mol. The van der Waals surface area contributed by atoms with Crippen molar-refractivity contribution in [2.45, 2.75) is 37.4 Å². The van der Waals surface area contributed by atoms with E-state index >= 15 is 0 Å². The van der Waals surface area contributed by atoms with Crippen LogP contribution in [0.1, 0.15) is 32.4 Å². The Bertz CT molecular complexity index is 1150. The monoisotopic (exact) mass is 462 g/mol. The van der Waals surface area contributed by atoms with Crippen molar-refractivity contribution in [3.63, 3.8) is 0 Å². The lowest BCUT2D eigenvalue weighted by Crippen LogP contribution is -2.35. The molecule has 1 aromatic carbocycles. The Morgan fingerprint density at radius 1 is 1.23 bits per heavy atom. The van der Waals surface area contributed by atoms with Crippen LogP contribution in [0.2, 0.25) is 0 Å². The van der Waals surface area contributed by atoms with Crippen LogP contribution in [0.4, 0.5) is 19.6 Å². The molecule has 2 N–H and O–H groups in total. The van der Waals surface area contributed by atoms with Gasteiger partial charge >= 0.3 is 0 Å². The van der Waals surface area contributed by atoms with Gasteiger partial charge in [0.1, 0.15) is 11.0 Å². The van der Waals surface area contributed by atoms with Gasteiger partial charge in [0.15, 0.2) is 16.8 Å².